The van der Waals surface area contributed by atoms with Crippen LogP contribution in [0, 0.1) is 0 Å². The van der Waals surface area contributed by atoms with E-state index >= 15 is 0 Å². The molecule has 0 spiro atoms. The van der Waals surface area contributed by atoms with Gasteiger partial charge >= 0.3 is 5.97 Å². The van der Waals surface area contributed by atoms with E-state index in [0.717, 1.165) is 21.9 Å². The summed E-state index contributed by atoms with van der Waals surface area (Å²) in [4.78, 5) is 20.7. The number of nitrogens with zero attached hydrogens (tertiary/aromatic N) is 3. The molecule has 108 valence electrons. The number of thiazole rings is 1. The Morgan fingerprint density at radius 2 is 2.14 bits per heavy atom. The molecule has 0 radical (unpaired) electrons. The Morgan fingerprint density at radius 1 is 1.38 bits per heavy atom. The minimum atomic E-state index is -0.464. The summed E-state index contributed by atoms with van der Waals surface area (Å²) in [6.07, 6.45) is 0.520. The van der Waals surface area contributed by atoms with Crippen molar-refractivity contribution in [2.45, 2.75) is 6.42 Å². The lowest BCUT2D eigenvalue weighted by Crippen LogP contribution is -1.98. The largest absolute Gasteiger partial charge is 0.465 e. The topological polar surface area (TPSA) is 57.0 Å². The number of aromatic nitrogens is 3. The van der Waals surface area contributed by atoms with Crippen molar-refractivity contribution < 1.29 is 9.53 Å². The van der Waals surface area contributed by atoms with Gasteiger partial charge in [-0.1, -0.05) is 23.7 Å². The predicted octanol–water partition coefficient (Wildman–Crippen LogP) is 3.06. The second-order valence-corrected chi connectivity index (χ2v) is 5.91. The highest BCUT2D eigenvalue weighted by molar-refractivity contribution is 7.14. The molecular weight excluding hydrogens is 310 g/mol. The first-order valence-corrected chi connectivity index (χ1v) is 7.43. The zero-order chi connectivity index (χ0) is 15.0. The molecule has 0 amide bonds. The number of imidazole rings is 1. The van der Waals surface area contributed by atoms with Gasteiger partial charge in [0.25, 0.3) is 0 Å². The summed E-state index contributed by atoms with van der Waals surface area (Å²) >= 11 is 7.21. The fourth-order valence-electron chi connectivity index (χ4n) is 2.13. The van der Waals surface area contributed by atoms with Crippen LogP contribution < -0.4 is 0 Å². The van der Waals surface area contributed by atoms with E-state index in [0.29, 0.717) is 11.3 Å². The maximum absolute atomic E-state index is 11.6. The number of rotatable bonds is 3. The Bertz CT molecular complexity index is 825. The summed E-state index contributed by atoms with van der Waals surface area (Å²) in [5, 5.41) is 0.916. The van der Waals surface area contributed by atoms with Crippen LogP contribution in [-0.4, -0.2) is 27.6 Å². The zero-order valence-corrected chi connectivity index (χ0v) is 13.0. The second kappa shape index (κ2) is 5.46. The van der Waals surface area contributed by atoms with E-state index in [2.05, 4.69) is 14.7 Å². The Labute approximate surface area is 130 Å². The van der Waals surface area contributed by atoms with Crippen molar-refractivity contribution in [3.8, 4) is 0 Å². The lowest BCUT2D eigenvalue weighted by Gasteiger charge is -1.99. The molecule has 0 aliphatic rings. The van der Waals surface area contributed by atoms with Crippen LogP contribution in [0.5, 0.6) is 0 Å². The molecule has 0 aliphatic heterocycles. The Hall–Kier alpha value is -1.92. The van der Waals surface area contributed by atoms with Gasteiger partial charge < -0.3 is 9.30 Å². The molecule has 1 aromatic carbocycles. The van der Waals surface area contributed by atoms with Gasteiger partial charge in [0.15, 0.2) is 10.0 Å². The number of fused-ring (bicyclic) bond motifs is 1. The molecule has 0 saturated heterocycles. The van der Waals surface area contributed by atoms with Crippen LogP contribution in [0.25, 0.3) is 11.0 Å². The van der Waals surface area contributed by atoms with Crippen molar-refractivity contribution in [1.29, 1.82) is 0 Å². The normalized spacial score (nSPS) is 11.0. The van der Waals surface area contributed by atoms with Gasteiger partial charge in [-0.15, -0.1) is 11.3 Å². The van der Waals surface area contributed by atoms with Gasteiger partial charge in [-0.25, -0.2) is 14.8 Å². The minimum Gasteiger partial charge on any atom is -0.465 e. The zero-order valence-electron chi connectivity index (χ0n) is 11.5. The molecule has 0 unspecified atom stereocenters. The van der Waals surface area contributed by atoms with Gasteiger partial charge in [0.05, 0.1) is 24.6 Å². The first-order valence-electron chi connectivity index (χ1n) is 6.24. The number of para-hydroxylation sites is 2. The van der Waals surface area contributed by atoms with Crippen molar-refractivity contribution in [1.82, 2.24) is 14.5 Å². The van der Waals surface area contributed by atoms with Crippen molar-refractivity contribution in [3.05, 3.63) is 45.1 Å². The fourth-order valence-corrected chi connectivity index (χ4v) is 3.34. The van der Waals surface area contributed by atoms with E-state index < -0.39 is 5.97 Å². The summed E-state index contributed by atoms with van der Waals surface area (Å²) in [7, 11) is 3.28. The van der Waals surface area contributed by atoms with Gasteiger partial charge in [-0.05, 0) is 12.1 Å². The highest BCUT2D eigenvalue weighted by atomic mass is 35.5. The SMILES string of the molecule is COC(=O)c1sc(Cc2nc3ccccc3n2C)nc1Cl. The summed E-state index contributed by atoms with van der Waals surface area (Å²) in [6, 6.07) is 7.91. The number of methoxy groups -OCH3 is 1. The van der Waals surface area contributed by atoms with Gasteiger partial charge in [-0.2, -0.15) is 0 Å². The smallest absolute Gasteiger partial charge is 0.351 e. The molecule has 0 atom stereocenters. The number of benzene rings is 1. The number of hydrogen-bond donors (Lipinski definition) is 0. The number of hydrogen-bond acceptors (Lipinski definition) is 5. The summed E-state index contributed by atoms with van der Waals surface area (Å²) < 4.78 is 6.69. The summed E-state index contributed by atoms with van der Waals surface area (Å²) in [5.74, 6) is 0.409. The molecule has 21 heavy (non-hydrogen) atoms. The van der Waals surface area contributed by atoms with Crippen LogP contribution in [0.1, 0.15) is 20.5 Å². The van der Waals surface area contributed by atoms with Crippen molar-refractivity contribution in [3.63, 3.8) is 0 Å². The van der Waals surface area contributed by atoms with Crippen LogP contribution in [0.15, 0.2) is 24.3 Å². The minimum absolute atomic E-state index is 0.181. The molecule has 7 heteroatoms. The maximum atomic E-state index is 11.6. The quantitative estimate of drug-likeness (QED) is 0.696. The van der Waals surface area contributed by atoms with Gasteiger partial charge in [0.2, 0.25) is 0 Å². The molecule has 3 rings (SSSR count). The molecule has 0 bridgehead atoms. The molecule has 2 aromatic heterocycles. The van der Waals surface area contributed by atoms with E-state index in [1.165, 1.54) is 18.4 Å². The molecule has 0 saturated carbocycles. The highest BCUT2D eigenvalue weighted by Gasteiger charge is 2.18. The fraction of sp³-hybridized carbons (Fsp3) is 0.214. The Kier molecular flexibility index (Phi) is 3.65. The monoisotopic (exact) mass is 321 g/mol. The van der Waals surface area contributed by atoms with Crippen molar-refractivity contribution in [2.75, 3.05) is 7.11 Å². The number of esters is 1. The lowest BCUT2D eigenvalue weighted by molar-refractivity contribution is 0.0606. The number of ether oxygens (including phenoxy) is 1. The van der Waals surface area contributed by atoms with Crippen molar-refractivity contribution >= 4 is 39.9 Å². The number of halogens is 1. The third-order valence-electron chi connectivity index (χ3n) is 3.19. The molecule has 0 aliphatic carbocycles. The van der Waals surface area contributed by atoms with E-state index in [1.807, 2.05) is 35.9 Å². The van der Waals surface area contributed by atoms with Gasteiger partial charge in [-0.3, -0.25) is 0 Å². The molecule has 0 N–H and O–H groups in total. The molecule has 2 heterocycles. The average Bonchev–Trinajstić information content (AvgIpc) is 3.00. The van der Waals surface area contributed by atoms with Crippen molar-refractivity contribution in [2.24, 2.45) is 7.05 Å². The maximum Gasteiger partial charge on any atom is 0.351 e. The molecular formula is C14H12ClN3O2S. The Balaban J connectivity index is 1.95. The molecule has 0 fully saturated rings. The Morgan fingerprint density at radius 3 is 2.86 bits per heavy atom. The van der Waals surface area contributed by atoms with Crippen LogP contribution in [0.4, 0.5) is 0 Å². The lowest BCUT2D eigenvalue weighted by atomic mass is 10.3. The third-order valence-corrected chi connectivity index (χ3v) is 4.61. The van der Waals surface area contributed by atoms with E-state index in [1.54, 1.807) is 0 Å². The van der Waals surface area contributed by atoms with Crippen LogP contribution >= 0.6 is 22.9 Å². The number of carbonyl (C=O) groups is 1. The number of carbonyl (C=O) groups excluding carboxylic acids is 1. The van der Waals surface area contributed by atoms with Gasteiger partial charge in [0.1, 0.15) is 10.8 Å². The van der Waals surface area contributed by atoms with E-state index in [-0.39, 0.29) is 5.15 Å². The standard InChI is InChI=1S/C14H12ClN3O2S/c1-18-9-6-4-3-5-8(9)16-10(18)7-11-17-13(15)12(21-11)14(19)20-2/h3-6H,7H2,1-2H3. The third kappa shape index (κ3) is 2.52. The van der Waals surface area contributed by atoms with Crippen LogP contribution in [0.3, 0.4) is 0 Å². The van der Waals surface area contributed by atoms with Crippen LogP contribution in [0.2, 0.25) is 5.15 Å². The predicted molar refractivity (Wildman–Crippen MR) is 82.0 cm³/mol. The first kappa shape index (κ1) is 14.0. The molecule has 3 aromatic rings. The summed E-state index contributed by atoms with van der Waals surface area (Å²) in [5.41, 5.74) is 1.99. The first-order chi connectivity index (χ1) is 10.1. The number of aryl methyl sites for hydroxylation is 1. The van der Waals surface area contributed by atoms with Gasteiger partial charge in [0, 0.05) is 7.05 Å². The molecule has 5 nitrogen and oxygen atoms in total. The summed E-state index contributed by atoms with van der Waals surface area (Å²) in [6.45, 7) is 0. The second-order valence-electron chi connectivity index (χ2n) is 4.47. The average molecular weight is 322 g/mol. The van der Waals surface area contributed by atoms with Crippen LogP contribution in [-0.2, 0) is 18.2 Å². The van der Waals surface area contributed by atoms with E-state index in [9.17, 15) is 4.79 Å². The highest BCUT2D eigenvalue weighted by Crippen LogP contribution is 2.26. The van der Waals surface area contributed by atoms with E-state index in [4.69, 9.17) is 11.6 Å².